The maximum absolute atomic E-state index is 2.46. The lowest BCUT2D eigenvalue weighted by Gasteiger charge is -2.11. The lowest BCUT2D eigenvalue weighted by molar-refractivity contribution is 1.17. The molecule has 0 saturated carbocycles. The Hall–Kier alpha value is -6.42. The van der Waals surface area contributed by atoms with Gasteiger partial charge in [-0.1, -0.05) is 127 Å². The van der Waals surface area contributed by atoms with E-state index in [0.29, 0.717) is 0 Å². The minimum atomic E-state index is 1.15. The van der Waals surface area contributed by atoms with E-state index in [4.69, 9.17) is 0 Å². The number of hydrogen-bond donors (Lipinski definition) is 0. The number of nitrogens with zero attached hydrogens (tertiary/aromatic N) is 2. The van der Waals surface area contributed by atoms with Crippen molar-refractivity contribution >= 4 is 75.1 Å². The molecule has 0 aliphatic heterocycles. The number of rotatable bonds is 4. The SMILES string of the molecule is c1ccc(-c2ccc3c(c2)c2c(ccc4c5ccccc5n(-c5ccccc5)c42)n3-c2ccc(-c3cccc4c3sc3ccccc34)cc2)cc1. The highest BCUT2D eigenvalue weighted by Gasteiger charge is 2.21. The number of aromatic nitrogens is 2. The normalized spacial score (nSPS) is 11.9. The minimum absolute atomic E-state index is 1.15. The molecule has 2 nitrogen and oxygen atoms in total. The van der Waals surface area contributed by atoms with E-state index in [1.54, 1.807) is 0 Å². The molecular formula is C48H30N2S. The Morgan fingerprint density at radius 2 is 1.00 bits per heavy atom. The van der Waals surface area contributed by atoms with E-state index in [-0.39, 0.29) is 0 Å². The van der Waals surface area contributed by atoms with Gasteiger partial charge in [0.1, 0.15) is 0 Å². The van der Waals surface area contributed by atoms with Gasteiger partial charge in [-0.05, 0) is 76.9 Å². The van der Waals surface area contributed by atoms with E-state index in [0.717, 1.165) is 11.4 Å². The predicted octanol–water partition coefficient (Wildman–Crippen LogP) is 13.6. The van der Waals surface area contributed by atoms with Gasteiger partial charge in [-0.25, -0.2) is 0 Å². The van der Waals surface area contributed by atoms with E-state index in [1.165, 1.54) is 86.0 Å². The van der Waals surface area contributed by atoms with Crippen LogP contribution >= 0.6 is 11.3 Å². The summed E-state index contributed by atoms with van der Waals surface area (Å²) in [6.45, 7) is 0. The van der Waals surface area contributed by atoms with Crippen LogP contribution in [0.1, 0.15) is 0 Å². The van der Waals surface area contributed by atoms with Crippen LogP contribution in [0.15, 0.2) is 182 Å². The summed E-state index contributed by atoms with van der Waals surface area (Å²) in [7, 11) is 0. The zero-order chi connectivity index (χ0) is 33.5. The summed E-state index contributed by atoms with van der Waals surface area (Å²) >= 11 is 1.88. The lowest BCUT2D eigenvalue weighted by atomic mass is 10.0. The average Bonchev–Trinajstić information content (AvgIpc) is 3.86. The number of benzene rings is 8. The second kappa shape index (κ2) is 11.0. The highest BCUT2D eigenvalue weighted by atomic mass is 32.1. The van der Waals surface area contributed by atoms with Crippen LogP contribution in [0.3, 0.4) is 0 Å². The van der Waals surface area contributed by atoms with E-state index >= 15 is 0 Å². The molecule has 3 aromatic heterocycles. The van der Waals surface area contributed by atoms with Crippen LogP contribution in [-0.2, 0) is 0 Å². The maximum Gasteiger partial charge on any atom is 0.0641 e. The van der Waals surface area contributed by atoms with Crippen molar-refractivity contribution in [3.63, 3.8) is 0 Å². The summed E-state index contributed by atoms with van der Waals surface area (Å²) in [4.78, 5) is 0. The van der Waals surface area contributed by atoms with E-state index in [1.807, 2.05) is 11.3 Å². The summed E-state index contributed by atoms with van der Waals surface area (Å²) < 4.78 is 7.58. The molecule has 0 amide bonds. The number of thiophene rings is 1. The van der Waals surface area contributed by atoms with Crippen molar-refractivity contribution < 1.29 is 0 Å². The second-order valence-electron chi connectivity index (χ2n) is 13.3. The van der Waals surface area contributed by atoms with Crippen molar-refractivity contribution in [2.45, 2.75) is 0 Å². The Kier molecular flexibility index (Phi) is 6.16. The van der Waals surface area contributed by atoms with Gasteiger partial charge in [0.15, 0.2) is 0 Å². The monoisotopic (exact) mass is 666 g/mol. The molecule has 0 aliphatic rings. The Morgan fingerprint density at radius 1 is 0.353 bits per heavy atom. The van der Waals surface area contributed by atoms with Gasteiger partial charge in [0, 0.05) is 53.1 Å². The Morgan fingerprint density at radius 3 is 1.84 bits per heavy atom. The minimum Gasteiger partial charge on any atom is -0.309 e. The van der Waals surface area contributed by atoms with Gasteiger partial charge in [-0.2, -0.15) is 0 Å². The van der Waals surface area contributed by atoms with E-state index < -0.39 is 0 Å². The van der Waals surface area contributed by atoms with Crippen LogP contribution in [0, 0.1) is 0 Å². The van der Waals surface area contributed by atoms with Crippen LogP contribution in [0.25, 0.3) is 97.4 Å². The molecular weight excluding hydrogens is 637 g/mol. The van der Waals surface area contributed by atoms with Gasteiger partial charge >= 0.3 is 0 Å². The number of hydrogen-bond acceptors (Lipinski definition) is 1. The van der Waals surface area contributed by atoms with Gasteiger partial charge < -0.3 is 9.13 Å². The molecule has 0 saturated heterocycles. The molecule has 11 rings (SSSR count). The molecule has 8 aromatic carbocycles. The molecule has 0 unspecified atom stereocenters. The third kappa shape index (κ3) is 4.22. The summed E-state index contributed by atoms with van der Waals surface area (Å²) in [6.07, 6.45) is 0. The summed E-state index contributed by atoms with van der Waals surface area (Å²) in [5.74, 6) is 0. The fourth-order valence-electron chi connectivity index (χ4n) is 8.26. The van der Waals surface area contributed by atoms with E-state index in [9.17, 15) is 0 Å². The first-order valence-electron chi connectivity index (χ1n) is 17.4. The smallest absolute Gasteiger partial charge is 0.0641 e. The van der Waals surface area contributed by atoms with Crippen molar-refractivity contribution in [1.29, 1.82) is 0 Å². The maximum atomic E-state index is 2.46. The third-order valence-corrected chi connectivity index (χ3v) is 11.7. The van der Waals surface area contributed by atoms with Gasteiger partial charge in [0.2, 0.25) is 0 Å². The summed E-state index contributed by atoms with van der Waals surface area (Å²) in [6, 6.07) is 66.6. The predicted molar refractivity (Wildman–Crippen MR) is 219 cm³/mol. The molecule has 0 aliphatic carbocycles. The van der Waals surface area contributed by atoms with Crippen molar-refractivity contribution in [2.75, 3.05) is 0 Å². The molecule has 0 fully saturated rings. The van der Waals surface area contributed by atoms with Crippen LogP contribution in [0.2, 0.25) is 0 Å². The molecule has 51 heavy (non-hydrogen) atoms. The van der Waals surface area contributed by atoms with E-state index in [2.05, 4.69) is 191 Å². The second-order valence-corrected chi connectivity index (χ2v) is 14.4. The largest absolute Gasteiger partial charge is 0.309 e. The highest BCUT2D eigenvalue weighted by molar-refractivity contribution is 7.26. The van der Waals surface area contributed by atoms with Crippen LogP contribution < -0.4 is 0 Å². The molecule has 238 valence electrons. The first-order chi connectivity index (χ1) is 25.3. The van der Waals surface area contributed by atoms with Gasteiger partial charge in [-0.3, -0.25) is 0 Å². The Labute approximate surface area is 298 Å². The number of para-hydroxylation sites is 2. The zero-order valence-electron chi connectivity index (χ0n) is 27.6. The summed E-state index contributed by atoms with van der Waals surface area (Å²) in [5.41, 5.74) is 12.1. The first kappa shape index (κ1) is 28.4. The van der Waals surface area contributed by atoms with Gasteiger partial charge in [-0.15, -0.1) is 11.3 Å². The third-order valence-electron chi connectivity index (χ3n) is 10.5. The molecule has 0 atom stereocenters. The van der Waals surface area contributed by atoms with Crippen molar-refractivity contribution in [2.24, 2.45) is 0 Å². The standard InChI is InChI=1S/C48H30N2S/c1-3-12-31(13-4-1)33-24-28-43-41(30-33)46-44(29-27-39-37-16-7-9-20-42(37)50(47(39)46)34-14-5-2-6-15-34)49(43)35-25-22-32(23-26-35)36-18-11-19-40-38-17-8-10-21-45(38)51-48(36)40/h1-30H. The van der Waals surface area contributed by atoms with Gasteiger partial charge in [0.05, 0.1) is 22.1 Å². The molecule has 0 bridgehead atoms. The summed E-state index contributed by atoms with van der Waals surface area (Å²) in [5, 5.41) is 7.69. The molecule has 0 N–H and O–H groups in total. The molecule has 0 radical (unpaired) electrons. The zero-order valence-corrected chi connectivity index (χ0v) is 28.4. The molecule has 11 aromatic rings. The molecule has 3 heteroatoms. The topological polar surface area (TPSA) is 9.86 Å². The van der Waals surface area contributed by atoms with Crippen LogP contribution in [-0.4, -0.2) is 9.13 Å². The molecule has 0 spiro atoms. The fourth-order valence-corrected chi connectivity index (χ4v) is 9.50. The van der Waals surface area contributed by atoms with Crippen molar-refractivity contribution in [1.82, 2.24) is 9.13 Å². The number of fused-ring (bicyclic) bond motifs is 10. The quantitative estimate of drug-likeness (QED) is 0.177. The Balaban J connectivity index is 1.19. The van der Waals surface area contributed by atoms with Crippen molar-refractivity contribution in [3.05, 3.63) is 182 Å². The Bertz CT molecular complexity index is 3110. The fraction of sp³-hybridized carbons (Fsp3) is 0. The van der Waals surface area contributed by atoms with Gasteiger partial charge in [0.25, 0.3) is 0 Å². The average molecular weight is 667 g/mol. The van der Waals surface area contributed by atoms with Crippen LogP contribution in [0.4, 0.5) is 0 Å². The lowest BCUT2D eigenvalue weighted by Crippen LogP contribution is -1.95. The highest BCUT2D eigenvalue weighted by Crippen LogP contribution is 2.44. The first-order valence-corrected chi connectivity index (χ1v) is 18.3. The molecule has 3 heterocycles. The van der Waals surface area contributed by atoms with Crippen LogP contribution in [0.5, 0.6) is 0 Å². The van der Waals surface area contributed by atoms with Crippen molar-refractivity contribution in [3.8, 4) is 33.6 Å².